The second-order valence-electron chi connectivity index (χ2n) is 7.94. The highest BCUT2D eigenvalue weighted by Gasteiger charge is 2.24. The van der Waals surface area contributed by atoms with Crippen molar-refractivity contribution in [2.45, 2.75) is 32.6 Å². The van der Waals surface area contributed by atoms with Gasteiger partial charge in [0.05, 0.1) is 11.5 Å². The number of phenols is 1. The molecule has 1 aromatic heterocycles. The van der Waals surface area contributed by atoms with Crippen LogP contribution in [0.4, 0.5) is 4.39 Å². The number of Topliss-reactive ketones (excluding diaryl/α,β-unsaturated/α-hetero) is 1. The predicted octanol–water partition coefficient (Wildman–Crippen LogP) is 5.46. The van der Waals surface area contributed by atoms with Gasteiger partial charge in [-0.05, 0) is 76.2 Å². The van der Waals surface area contributed by atoms with E-state index in [9.17, 15) is 14.3 Å². The molecule has 1 fully saturated rings. The summed E-state index contributed by atoms with van der Waals surface area (Å²) in [5, 5.41) is 15.1. The molecule has 32 heavy (non-hydrogen) atoms. The predicted molar refractivity (Wildman–Crippen MR) is 122 cm³/mol. The first-order chi connectivity index (χ1) is 14.9. The number of aromatic nitrogens is 1. The van der Waals surface area contributed by atoms with Crippen LogP contribution in [0.15, 0.2) is 52.8 Å². The minimum absolute atomic E-state index is 0. The summed E-state index contributed by atoms with van der Waals surface area (Å²) in [5.74, 6) is 0.807. The van der Waals surface area contributed by atoms with Crippen LogP contribution < -0.4 is 4.74 Å². The summed E-state index contributed by atoms with van der Waals surface area (Å²) >= 11 is 0. The van der Waals surface area contributed by atoms with Crippen molar-refractivity contribution in [1.29, 1.82) is 0 Å². The Labute approximate surface area is 192 Å². The number of rotatable bonds is 6. The van der Waals surface area contributed by atoms with Gasteiger partial charge in [-0.25, -0.2) is 4.39 Å². The van der Waals surface area contributed by atoms with Crippen molar-refractivity contribution in [1.82, 2.24) is 10.1 Å². The number of carbonyl (C=O) groups excluding carboxylic acids is 1. The number of ether oxygens (including phenoxy) is 1. The first-order valence-electron chi connectivity index (χ1n) is 10.4. The van der Waals surface area contributed by atoms with E-state index in [4.69, 9.17) is 9.26 Å². The van der Waals surface area contributed by atoms with E-state index in [1.165, 1.54) is 25.1 Å². The standard InChI is InChI=1S/C24H25FN2O4.ClH/c1-15(30-23-13-18(16(2)28)3-6-21(23)29)7-10-27-11-8-17(9-12-27)24-20-5-4-19(25)14-22(20)31-26-24;/h3-7,13-14,17,29H,8-12H2,1-2H3;1H/b15-7+;. The molecule has 2 aromatic carbocycles. The lowest BCUT2D eigenvalue weighted by Gasteiger charge is -2.30. The van der Waals surface area contributed by atoms with E-state index in [0.29, 0.717) is 16.9 Å². The van der Waals surface area contributed by atoms with Crippen LogP contribution in [0.2, 0.25) is 0 Å². The van der Waals surface area contributed by atoms with Gasteiger partial charge in [0.2, 0.25) is 0 Å². The number of hydrogen-bond acceptors (Lipinski definition) is 6. The number of hydrogen-bond donors (Lipinski definition) is 1. The number of allylic oxidation sites excluding steroid dienone is 1. The summed E-state index contributed by atoms with van der Waals surface area (Å²) in [6, 6.07) is 9.14. The molecule has 0 saturated carbocycles. The molecule has 0 amide bonds. The molecule has 6 nitrogen and oxygen atoms in total. The van der Waals surface area contributed by atoms with Gasteiger partial charge >= 0.3 is 0 Å². The van der Waals surface area contributed by atoms with Crippen molar-refractivity contribution in [2.24, 2.45) is 0 Å². The molecule has 4 rings (SSSR count). The summed E-state index contributed by atoms with van der Waals surface area (Å²) in [6.45, 7) is 5.82. The molecular weight excluding hydrogens is 435 g/mol. The van der Waals surface area contributed by atoms with Gasteiger partial charge in [0.1, 0.15) is 5.82 Å². The molecular formula is C24H26ClFN2O4. The Morgan fingerprint density at radius 2 is 2.00 bits per heavy atom. The molecule has 3 aromatic rings. The van der Waals surface area contributed by atoms with Gasteiger partial charge in [-0.2, -0.15) is 0 Å². The van der Waals surface area contributed by atoms with Gasteiger partial charge in [-0.3, -0.25) is 9.69 Å². The largest absolute Gasteiger partial charge is 0.504 e. The van der Waals surface area contributed by atoms with Crippen LogP contribution in [0.5, 0.6) is 11.5 Å². The van der Waals surface area contributed by atoms with Gasteiger partial charge in [0, 0.05) is 29.5 Å². The summed E-state index contributed by atoms with van der Waals surface area (Å²) in [6.07, 6.45) is 3.84. The summed E-state index contributed by atoms with van der Waals surface area (Å²) in [5.41, 5.74) is 1.89. The average molecular weight is 461 g/mol. The molecule has 1 N–H and O–H groups in total. The quantitative estimate of drug-likeness (QED) is 0.389. The van der Waals surface area contributed by atoms with E-state index in [-0.39, 0.29) is 41.4 Å². The van der Waals surface area contributed by atoms with Gasteiger partial charge in [0.15, 0.2) is 22.9 Å². The molecule has 1 saturated heterocycles. The van der Waals surface area contributed by atoms with Crippen LogP contribution in [-0.4, -0.2) is 40.6 Å². The van der Waals surface area contributed by atoms with Gasteiger partial charge < -0.3 is 14.4 Å². The van der Waals surface area contributed by atoms with Gasteiger partial charge in [-0.15, -0.1) is 12.4 Å². The maximum Gasteiger partial charge on any atom is 0.170 e. The highest BCUT2D eigenvalue weighted by molar-refractivity contribution is 5.94. The zero-order valence-electron chi connectivity index (χ0n) is 18.0. The van der Waals surface area contributed by atoms with Gasteiger partial charge in [0.25, 0.3) is 0 Å². The number of likely N-dealkylation sites (tertiary alicyclic amines) is 1. The van der Waals surface area contributed by atoms with Crippen LogP contribution in [0.3, 0.4) is 0 Å². The fraction of sp³-hybridized carbons (Fsp3) is 0.333. The molecule has 8 heteroatoms. The molecule has 0 bridgehead atoms. The number of carbonyl (C=O) groups is 1. The third kappa shape index (κ3) is 5.29. The number of nitrogens with zero attached hydrogens (tertiary/aromatic N) is 2. The normalized spacial score (nSPS) is 15.5. The van der Waals surface area contributed by atoms with Crippen LogP contribution in [0.25, 0.3) is 11.0 Å². The lowest BCUT2D eigenvalue weighted by molar-refractivity contribution is 0.101. The van der Waals surface area contributed by atoms with E-state index in [2.05, 4.69) is 10.1 Å². The second kappa shape index (κ2) is 10.1. The summed E-state index contributed by atoms with van der Waals surface area (Å²) < 4.78 is 24.4. The smallest absolute Gasteiger partial charge is 0.170 e. The molecule has 0 radical (unpaired) electrons. The number of fused-ring (bicyclic) bond motifs is 1. The lowest BCUT2D eigenvalue weighted by Crippen LogP contribution is -2.33. The highest BCUT2D eigenvalue weighted by atomic mass is 35.5. The summed E-state index contributed by atoms with van der Waals surface area (Å²) in [4.78, 5) is 13.9. The van der Waals surface area contributed by atoms with E-state index >= 15 is 0 Å². The Kier molecular flexibility index (Phi) is 7.53. The van der Waals surface area contributed by atoms with Crippen molar-refractivity contribution < 1.29 is 23.6 Å². The monoisotopic (exact) mass is 460 g/mol. The topological polar surface area (TPSA) is 75.8 Å². The molecule has 0 spiro atoms. The SMILES string of the molecule is CC(=O)c1ccc(O)c(O/C(C)=C/CN2CCC(c3noc4cc(F)ccc34)CC2)c1.Cl. The fourth-order valence-corrected chi connectivity index (χ4v) is 3.90. The van der Waals surface area contributed by atoms with E-state index < -0.39 is 0 Å². The second-order valence-corrected chi connectivity index (χ2v) is 7.94. The van der Waals surface area contributed by atoms with E-state index in [1.54, 1.807) is 18.2 Å². The zero-order chi connectivity index (χ0) is 22.0. The molecule has 1 aliphatic heterocycles. The Bertz CT molecular complexity index is 1140. The lowest BCUT2D eigenvalue weighted by atomic mass is 9.91. The molecule has 2 heterocycles. The maximum absolute atomic E-state index is 13.4. The van der Waals surface area contributed by atoms with Crippen molar-refractivity contribution in [3.05, 3.63) is 65.3 Å². The first kappa shape index (κ1) is 23.8. The highest BCUT2D eigenvalue weighted by Crippen LogP contribution is 2.33. The van der Waals surface area contributed by atoms with Crippen molar-refractivity contribution in [3.8, 4) is 11.5 Å². The molecule has 170 valence electrons. The molecule has 1 aliphatic rings. The third-order valence-electron chi connectivity index (χ3n) is 5.71. The Hall–Kier alpha value is -2.90. The van der Waals surface area contributed by atoms with Gasteiger partial charge in [-0.1, -0.05) is 5.16 Å². The summed E-state index contributed by atoms with van der Waals surface area (Å²) in [7, 11) is 0. The maximum atomic E-state index is 13.4. The van der Waals surface area contributed by atoms with Crippen molar-refractivity contribution in [3.63, 3.8) is 0 Å². The fourth-order valence-electron chi connectivity index (χ4n) is 3.90. The van der Waals surface area contributed by atoms with Crippen molar-refractivity contribution in [2.75, 3.05) is 19.6 Å². The zero-order valence-corrected chi connectivity index (χ0v) is 18.8. The first-order valence-corrected chi connectivity index (χ1v) is 10.4. The number of phenolic OH excluding ortho intramolecular Hbond substituents is 1. The van der Waals surface area contributed by atoms with E-state index in [1.807, 2.05) is 13.0 Å². The number of aromatic hydroxyl groups is 1. The number of ketones is 1. The number of benzene rings is 2. The molecule has 0 atom stereocenters. The van der Waals surface area contributed by atoms with Crippen LogP contribution in [0.1, 0.15) is 48.7 Å². The minimum atomic E-state index is -0.323. The molecule has 0 aliphatic carbocycles. The molecule has 0 unspecified atom stereocenters. The minimum Gasteiger partial charge on any atom is -0.504 e. The van der Waals surface area contributed by atoms with Crippen LogP contribution in [0, 0.1) is 5.82 Å². The average Bonchev–Trinajstić information content (AvgIpc) is 3.17. The Morgan fingerprint density at radius 1 is 1.25 bits per heavy atom. The number of halogens is 2. The Morgan fingerprint density at radius 3 is 2.72 bits per heavy atom. The van der Waals surface area contributed by atoms with Crippen molar-refractivity contribution >= 4 is 29.2 Å². The number of piperidine rings is 1. The Balaban J connectivity index is 0.00000289. The third-order valence-corrected chi connectivity index (χ3v) is 5.71. The van der Waals surface area contributed by atoms with E-state index in [0.717, 1.165) is 43.6 Å². The van der Waals surface area contributed by atoms with Crippen LogP contribution in [-0.2, 0) is 0 Å². The van der Waals surface area contributed by atoms with Crippen LogP contribution >= 0.6 is 12.4 Å².